The van der Waals surface area contributed by atoms with E-state index in [2.05, 4.69) is 4.98 Å². The van der Waals surface area contributed by atoms with Crippen LogP contribution in [0.25, 0.3) is 11.1 Å². The lowest BCUT2D eigenvalue weighted by molar-refractivity contribution is 0.103. The predicted octanol–water partition coefficient (Wildman–Crippen LogP) is 2.80. The monoisotopic (exact) mass is 271 g/mol. The van der Waals surface area contributed by atoms with Gasteiger partial charge in [0.1, 0.15) is 5.82 Å². The number of nitrogens with one attached hydrogen (secondary N) is 1. The number of oxazole rings is 1. The fraction of sp³-hybridized carbons (Fsp3) is 0.0667. The van der Waals surface area contributed by atoms with E-state index in [1.54, 1.807) is 19.1 Å². The first-order valence-corrected chi connectivity index (χ1v) is 5.98. The third-order valence-electron chi connectivity index (χ3n) is 3.05. The third-order valence-corrected chi connectivity index (χ3v) is 3.05. The number of aromatic nitrogens is 1. The van der Waals surface area contributed by atoms with Crippen molar-refractivity contribution in [3.05, 3.63) is 69.5 Å². The van der Waals surface area contributed by atoms with Crippen LogP contribution in [-0.2, 0) is 0 Å². The van der Waals surface area contributed by atoms with Crippen LogP contribution in [0.15, 0.2) is 45.6 Å². The van der Waals surface area contributed by atoms with Gasteiger partial charge in [-0.15, -0.1) is 0 Å². The number of aryl methyl sites for hydroxylation is 1. The summed E-state index contributed by atoms with van der Waals surface area (Å²) >= 11 is 0. The molecule has 3 rings (SSSR count). The van der Waals surface area contributed by atoms with Gasteiger partial charge in [0.25, 0.3) is 0 Å². The molecule has 0 atom stereocenters. The molecule has 0 aliphatic heterocycles. The summed E-state index contributed by atoms with van der Waals surface area (Å²) in [5.41, 5.74) is 1.83. The molecule has 2 aromatic carbocycles. The van der Waals surface area contributed by atoms with Crippen molar-refractivity contribution in [2.75, 3.05) is 0 Å². The summed E-state index contributed by atoms with van der Waals surface area (Å²) in [6.45, 7) is 1.78. The Bertz CT molecular complexity index is 876. The summed E-state index contributed by atoms with van der Waals surface area (Å²) in [7, 11) is 0. The molecule has 5 heteroatoms. The van der Waals surface area contributed by atoms with E-state index in [-0.39, 0.29) is 16.7 Å². The Morgan fingerprint density at radius 1 is 1.20 bits per heavy atom. The molecule has 100 valence electrons. The molecule has 0 unspecified atom stereocenters. The molecule has 0 saturated heterocycles. The van der Waals surface area contributed by atoms with Gasteiger partial charge in [-0.2, -0.15) is 0 Å². The number of rotatable bonds is 2. The largest absolute Gasteiger partial charge is 0.417 e. The number of carbonyl (C=O) groups excluding carboxylic acids is 1. The van der Waals surface area contributed by atoms with Crippen LogP contribution in [0.2, 0.25) is 0 Å². The molecule has 20 heavy (non-hydrogen) atoms. The molecule has 3 aromatic rings. The summed E-state index contributed by atoms with van der Waals surface area (Å²) in [4.78, 5) is 25.8. The summed E-state index contributed by atoms with van der Waals surface area (Å²) < 4.78 is 18.6. The van der Waals surface area contributed by atoms with Crippen molar-refractivity contribution >= 4 is 16.9 Å². The third kappa shape index (κ3) is 2.03. The van der Waals surface area contributed by atoms with Crippen molar-refractivity contribution in [1.29, 1.82) is 0 Å². The molecule has 0 aliphatic carbocycles. The second-order valence-electron chi connectivity index (χ2n) is 4.54. The summed E-state index contributed by atoms with van der Waals surface area (Å²) in [5.74, 6) is -1.61. The van der Waals surface area contributed by atoms with Crippen molar-refractivity contribution in [2.45, 2.75) is 6.92 Å². The summed E-state index contributed by atoms with van der Waals surface area (Å²) in [6.07, 6.45) is 0. The van der Waals surface area contributed by atoms with E-state index >= 15 is 0 Å². The highest BCUT2D eigenvalue weighted by molar-refractivity contribution is 6.10. The molecular formula is C15H10FNO3. The fourth-order valence-corrected chi connectivity index (χ4v) is 2.06. The molecular weight excluding hydrogens is 261 g/mol. The van der Waals surface area contributed by atoms with E-state index in [9.17, 15) is 14.0 Å². The van der Waals surface area contributed by atoms with E-state index in [0.29, 0.717) is 5.52 Å². The minimum atomic E-state index is -0.591. The smallest absolute Gasteiger partial charge is 0.408 e. The Balaban J connectivity index is 2.12. The number of hydrogen-bond acceptors (Lipinski definition) is 3. The van der Waals surface area contributed by atoms with Crippen molar-refractivity contribution in [3.8, 4) is 0 Å². The summed E-state index contributed by atoms with van der Waals surface area (Å²) in [5, 5.41) is 0. The molecule has 0 aliphatic rings. The van der Waals surface area contributed by atoms with Crippen molar-refractivity contribution in [2.24, 2.45) is 0 Å². The highest BCUT2D eigenvalue weighted by atomic mass is 19.1. The maximum Gasteiger partial charge on any atom is 0.417 e. The molecule has 4 nitrogen and oxygen atoms in total. The molecule has 1 N–H and O–H groups in total. The number of halogens is 1. The molecule has 0 amide bonds. The second-order valence-corrected chi connectivity index (χ2v) is 4.54. The highest BCUT2D eigenvalue weighted by Gasteiger charge is 2.15. The lowest BCUT2D eigenvalue weighted by Gasteiger charge is -2.04. The molecule has 0 radical (unpaired) electrons. The van der Waals surface area contributed by atoms with Gasteiger partial charge in [-0.25, -0.2) is 9.18 Å². The Morgan fingerprint density at radius 2 is 2.00 bits per heavy atom. The minimum Gasteiger partial charge on any atom is -0.408 e. The maximum absolute atomic E-state index is 13.7. The molecule has 0 saturated carbocycles. The SMILES string of the molecule is Cc1ccc(F)c(C(=O)c2ccc3[nH]c(=O)oc3c2)c1. The van der Waals surface area contributed by atoms with Crippen LogP contribution in [0.5, 0.6) is 0 Å². The number of carbonyl (C=O) groups is 1. The average Bonchev–Trinajstić information content (AvgIpc) is 2.79. The van der Waals surface area contributed by atoms with E-state index in [1.165, 1.54) is 24.3 Å². The van der Waals surface area contributed by atoms with Gasteiger partial charge < -0.3 is 4.42 Å². The van der Waals surface area contributed by atoms with Crippen LogP contribution in [-0.4, -0.2) is 10.8 Å². The lowest BCUT2D eigenvalue weighted by Crippen LogP contribution is -2.04. The highest BCUT2D eigenvalue weighted by Crippen LogP contribution is 2.18. The zero-order chi connectivity index (χ0) is 14.3. The van der Waals surface area contributed by atoms with Gasteiger partial charge in [0.2, 0.25) is 0 Å². The van der Waals surface area contributed by atoms with Crippen LogP contribution >= 0.6 is 0 Å². The second kappa shape index (κ2) is 4.45. The van der Waals surface area contributed by atoms with Gasteiger partial charge in [-0.05, 0) is 37.3 Å². The van der Waals surface area contributed by atoms with E-state index in [4.69, 9.17) is 4.42 Å². The quantitative estimate of drug-likeness (QED) is 0.729. The molecule has 0 spiro atoms. The van der Waals surface area contributed by atoms with Crippen LogP contribution < -0.4 is 5.76 Å². The fourth-order valence-electron chi connectivity index (χ4n) is 2.06. The van der Waals surface area contributed by atoms with Crippen molar-refractivity contribution < 1.29 is 13.6 Å². The number of fused-ring (bicyclic) bond motifs is 1. The Morgan fingerprint density at radius 3 is 2.80 bits per heavy atom. The zero-order valence-corrected chi connectivity index (χ0v) is 10.6. The van der Waals surface area contributed by atoms with Crippen molar-refractivity contribution in [3.63, 3.8) is 0 Å². The van der Waals surface area contributed by atoms with Gasteiger partial charge in [0.15, 0.2) is 11.4 Å². The van der Waals surface area contributed by atoms with E-state index < -0.39 is 17.4 Å². The van der Waals surface area contributed by atoms with Crippen LogP contribution in [0.1, 0.15) is 21.5 Å². The van der Waals surface area contributed by atoms with Gasteiger partial charge in [-0.1, -0.05) is 11.6 Å². The summed E-state index contributed by atoms with van der Waals surface area (Å²) in [6, 6.07) is 8.86. The number of ketones is 1. The van der Waals surface area contributed by atoms with Gasteiger partial charge >= 0.3 is 5.76 Å². The average molecular weight is 271 g/mol. The molecule has 0 bridgehead atoms. The zero-order valence-electron chi connectivity index (χ0n) is 10.6. The lowest BCUT2D eigenvalue weighted by atomic mass is 10.0. The van der Waals surface area contributed by atoms with Gasteiger partial charge in [0, 0.05) is 5.56 Å². The Hall–Kier alpha value is -2.69. The molecule has 1 aromatic heterocycles. The van der Waals surface area contributed by atoms with Crippen LogP contribution in [0.3, 0.4) is 0 Å². The Labute approximate surface area is 112 Å². The van der Waals surface area contributed by atoms with Crippen LogP contribution in [0, 0.1) is 12.7 Å². The molecule has 0 fully saturated rings. The number of hydrogen-bond donors (Lipinski definition) is 1. The first-order chi connectivity index (χ1) is 9.54. The minimum absolute atomic E-state index is 0.00207. The van der Waals surface area contributed by atoms with Gasteiger partial charge in [-0.3, -0.25) is 9.78 Å². The predicted molar refractivity (Wildman–Crippen MR) is 71.4 cm³/mol. The van der Waals surface area contributed by atoms with Gasteiger partial charge in [0.05, 0.1) is 11.1 Å². The topological polar surface area (TPSA) is 63.1 Å². The standard InChI is InChI=1S/C15H10FNO3/c1-8-2-4-11(16)10(6-8)14(18)9-3-5-12-13(7-9)20-15(19)17-12/h2-7H,1H3,(H,17,19). The van der Waals surface area contributed by atoms with E-state index in [1.807, 2.05) is 0 Å². The normalized spacial score (nSPS) is 10.9. The molecule has 1 heterocycles. The van der Waals surface area contributed by atoms with E-state index in [0.717, 1.165) is 5.56 Å². The van der Waals surface area contributed by atoms with Crippen molar-refractivity contribution in [1.82, 2.24) is 4.98 Å². The number of H-pyrrole nitrogens is 1. The maximum atomic E-state index is 13.7. The number of benzene rings is 2. The van der Waals surface area contributed by atoms with Crippen LogP contribution in [0.4, 0.5) is 4.39 Å². The first kappa shape index (κ1) is 12.3. The Kier molecular flexibility index (Phi) is 2.75. The number of aromatic amines is 1. The first-order valence-electron chi connectivity index (χ1n) is 5.98.